The SMILES string of the molecule is Cc1ccc(CC(=O)c2cccc3c2OCCN3)cc1C. The molecule has 3 nitrogen and oxygen atoms in total. The van der Waals surface area contributed by atoms with Crippen LogP contribution in [0, 0.1) is 13.8 Å². The molecule has 0 aliphatic carbocycles. The number of carbonyl (C=O) groups is 1. The Morgan fingerprint density at radius 3 is 2.86 bits per heavy atom. The van der Waals surface area contributed by atoms with E-state index >= 15 is 0 Å². The number of hydrogen-bond donors (Lipinski definition) is 1. The van der Waals surface area contributed by atoms with Gasteiger partial charge in [0, 0.05) is 13.0 Å². The smallest absolute Gasteiger partial charge is 0.171 e. The van der Waals surface area contributed by atoms with Crippen molar-refractivity contribution in [1.29, 1.82) is 0 Å². The standard InChI is InChI=1S/C18H19NO2/c1-12-6-7-14(10-13(12)2)11-17(20)15-4-3-5-16-18(15)21-9-8-19-16/h3-7,10,19H,8-9,11H2,1-2H3. The summed E-state index contributed by atoms with van der Waals surface area (Å²) in [4.78, 5) is 12.6. The summed E-state index contributed by atoms with van der Waals surface area (Å²) >= 11 is 0. The molecule has 2 aromatic rings. The molecule has 3 rings (SSSR count). The van der Waals surface area contributed by atoms with Crippen molar-refractivity contribution in [3.63, 3.8) is 0 Å². The Kier molecular flexibility index (Phi) is 3.65. The molecule has 1 aliphatic heterocycles. The van der Waals surface area contributed by atoms with Crippen LogP contribution in [0.4, 0.5) is 5.69 Å². The van der Waals surface area contributed by atoms with Crippen LogP contribution in [0.2, 0.25) is 0 Å². The van der Waals surface area contributed by atoms with Crippen LogP contribution in [0.3, 0.4) is 0 Å². The number of carbonyl (C=O) groups excluding carboxylic acids is 1. The highest BCUT2D eigenvalue weighted by Crippen LogP contribution is 2.32. The zero-order chi connectivity index (χ0) is 14.8. The maximum absolute atomic E-state index is 12.6. The molecule has 0 radical (unpaired) electrons. The van der Waals surface area contributed by atoms with Gasteiger partial charge < -0.3 is 10.1 Å². The van der Waals surface area contributed by atoms with Crippen LogP contribution in [0.25, 0.3) is 0 Å². The molecule has 1 aliphatic rings. The molecule has 108 valence electrons. The predicted octanol–water partition coefficient (Wildman–Crippen LogP) is 3.53. The maximum atomic E-state index is 12.6. The van der Waals surface area contributed by atoms with Gasteiger partial charge in [-0.2, -0.15) is 0 Å². The zero-order valence-electron chi connectivity index (χ0n) is 12.4. The molecule has 0 unspecified atom stereocenters. The van der Waals surface area contributed by atoms with Gasteiger partial charge >= 0.3 is 0 Å². The first-order valence-corrected chi connectivity index (χ1v) is 7.24. The van der Waals surface area contributed by atoms with Crippen LogP contribution >= 0.6 is 0 Å². The second-order valence-electron chi connectivity index (χ2n) is 5.48. The molecule has 1 heterocycles. The quantitative estimate of drug-likeness (QED) is 0.875. The number of anilines is 1. The van der Waals surface area contributed by atoms with Gasteiger partial charge in [-0.15, -0.1) is 0 Å². The largest absolute Gasteiger partial charge is 0.489 e. The van der Waals surface area contributed by atoms with Crippen molar-refractivity contribution in [2.45, 2.75) is 20.3 Å². The Labute approximate surface area is 124 Å². The summed E-state index contributed by atoms with van der Waals surface area (Å²) in [7, 11) is 0. The van der Waals surface area contributed by atoms with Gasteiger partial charge in [-0.1, -0.05) is 24.3 Å². The Morgan fingerprint density at radius 2 is 2.05 bits per heavy atom. The molecule has 0 amide bonds. The maximum Gasteiger partial charge on any atom is 0.171 e. The Hall–Kier alpha value is -2.29. The van der Waals surface area contributed by atoms with Crippen molar-refractivity contribution < 1.29 is 9.53 Å². The highest BCUT2D eigenvalue weighted by atomic mass is 16.5. The first-order valence-electron chi connectivity index (χ1n) is 7.24. The summed E-state index contributed by atoms with van der Waals surface area (Å²) in [6.45, 7) is 5.53. The van der Waals surface area contributed by atoms with E-state index in [0.29, 0.717) is 24.3 Å². The lowest BCUT2D eigenvalue weighted by Gasteiger charge is -2.21. The van der Waals surface area contributed by atoms with Crippen LogP contribution in [-0.4, -0.2) is 18.9 Å². The van der Waals surface area contributed by atoms with Crippen molar-refractivity contribution in [2.24, 2.45) is 0 Å². The highest BCUT2D eigenvalue weighted by Gasteiger charge is 2.19. The number of fused-ring (bicyclic) bond motifs is 1. The average Bonchev–Trinajstić information content (AvgIpc) is 2.50. The molecule has 1 N–H and O–H groups in total. The minimum Gasteiger partial charge on any atom is -0.489 e. The van der Waals surface area contributed by atoms with Gasteiger partial charge in [0.2, 0.25) is 0 Å². The van der Waals surface area contributed by atoms with Crippen molar-refractivity contribution in [1.82, 2.24) is 0 Å². The van der Waals surface area contributed by atoms with Crippen LogP contribution in [0.5, 0.6) is 5.75 Å². The van der Waals surface area contributed by atoms with E-state index in [1.807, 2.05) is 24.3 Å². The zero-order valence-corrected chi connectivity index (χ0v) is 12.4. The minimum atomic E-state index is 0.0961. The van der Waals surface area contributed by atoms with Crippen LogP contribution in [0.15, 0.2) is 36.4 Å². The molecule has 2 aromatic carbocycles. The molecule has 0 saturated carbocycles. The molecule has 0 atom stereocenters. The van der Waals surface area contributed by atoms with Gasteiger partial charge in [-0.3, -0.25) is 4.79 Å². The molecule has 21 heavy (non-hydrogen) atoms. The topological polar surface area (TPSA) is 38.3 Å². The van der Waals surface area contributed by atoms with E-state index in [2.05, 4.69) is 31.3 Å². The number of para-hydroxylation sites is 1. The third-order valence-corrected chi connectivity index (χ3v) is 3.92. The lowest BCUT2D eigenvalue weighted by molar-refractivity contribution is 0.0989. The van der Waals surface area contributed by atoms with Gasteiger partial charge in [0.15, 0.2) is 11.5 Å². The highest BCUT2D eigenvalue weighted by molar-refractivity contribution is 6.01. The van der Waals surface area contributed by atoms with Crippen molar-refractivity contribution in [2.75, 3.05) is 18.5 Å². The van der Waals surface area contributed by atoms with Crippen LogP contribution in [-0.2, 0) is 6.42 Å². The molecule has 3 heteroatoms. The van der Waals surface area contributed by atoms with Gasteiger partial charge in [0.1, 0.15) is 6.61 Å². The predicted molar refractivity (Wildman–Crippen MR) is 84.4 cm³/mol. The van der Waals surface area contributed by atoms with E-state index in [1.165, 1.54) is 11.1 Å². The number of Topliss-reactive ketones (excluding diaryl/α,β-unsaturated/α-hetero) is 1. The van der Waals surface area contributed by atoms with Gasteiger partial charge in [0.25, 0.3) is 0 Å². The number of aryl methyl sites for hydroxylation is 2. The lowest BCUT2D eigenvalue weighted by Crippen LogP contribution is -2.20. The van der Waals surface area contributed by atoms with Crippen molar-refractivity contribution >= 4 is 11.5 Å². The summed E-state index contributed by atoms with van der Waals surface area (Å²) in [6, 6.07) is 11.9. The van der Waals surface area contributed by atoms with Crippen molar-refractivity contribution in [3.8, 4) is 5.75 Å². The normalized spacial score (nSPS) is 13.0. The van der Waals surface area contributed by atoms with Gasteiger partial charge in [-0.05, 0) is 42.7 Å². The Morgan fingerprint density at radius 1 is 1.19 bits per heavy atom. The Bertz CT molecular complexity index is 692. The molecule has 0 fully saturated rings. The van der Waals surface area contributed by atoms with Gasteiger partial charge in [-0.25, -0.2) is 0 Å². The number of nitrogens with one attached hydrogen (secondary N) is 1. The van der Waals surface area contributed by atoms with Gasteiger partial charge in [0.05, 0.1) is 11.3 Å². The summed E-state index contributed by atoms with van der Waals surface area (Å²) in [5.41, 5.74) is 5.08. The van der Waals surface area contributed by atoms with E-state index in [9.17, 15) is 4.79 Å². The fourth-order valence-electron chi connectivity index (χ4n) is 2.58. The molecule has 0 bridgehead atoms. The number of hydrogen-bond acceptors (Lipinski definition) is 3. The molecular formula is C18H19NO2. The van der Waals surface area contributed by atoms with Crippen LogP contribution in [0.1, 0.15) is 27.0 Å². The first kappa shape index (κ1) is 13.7. The molecule has 0 aromatic heterocycles. The van der Waals surface area contributed by atoms with E-state index in [-0.39, 0.29) is 5.78 Å². The number of ether oxygens (including phenoxy) is 1. The Balaban J connectivity index is 1.87. The lowest BCUT2D eigenvalue weighted by atomic mass is 9.98. The van der Waals surface area contributed by atoms with Crippen LogP contribution < -0.4 is 10.1 Å². The average molecular weight is 281 g/mol. The number of rotatable bonds is 3. The summed E-state index contributed by atoms with van der Waals surface area (Å²) in [5, 5.41) is 3.26. The third kappa shape index (κ3) is 2.77. The number of benzene rings is 2. The third-order valence-electron chi connectivity index (χ3n) is 3.92. The summed E-state index contributed by atoms with van der Waals surface area (Å²) in [5.74, 6) is 0.788. The van der Waals surface area contributed by atoms with E-state index in [4.69, 9.17) is 4.74 Å². The number of ketones is 1. The fourth-order valence-corrected chi connectivity index (χ4v) is 2.58. The monoisotopic (exact) mass is 281 g/mol. The van der Waals surface area contributed by atoms with E-state index in [0.717, 1.165) is 17.8 Å². The fraction of sp³-hybridized carbons (Fsp3) is 0.278. The second kappa shape index (κ2) is 5.60. The minimum absolute atomic E-state index is 0.0961. The molecule has 0 spiro atoms. The van der Waals surface area contributed by atoms with E-state index < -0.39 is 0 Å². The molecule has 0 saturated heterocycles. The summed E-state index contributed by atoms with van der Waals surface area (Å²) < 4.78 is 5.67. The summed E-state index contributed by atoms with van der Waals surface area (Å²) in [6.07, 6.45) is 0.404. The first-order chi connectivity index (χ1) is 10.1. The second-order valence-corrected chi connectivity index (χ2v) is 5.48. The van der Waals surface area contributed by atoms with E-state index in [1.54, 1.807) is 0 Å². The van der Waals surface area contributed by atoms with Crippen molar-refractivity contribution in [3.05, 3.63) is 58.7 Å². The molecular weight excluding hydrogens is 262 g/mol.